The molecule has 0 radical (unpaired) electrons. The van der Waals surface area contributed by atoms with Gasteiger partial charge in [-0.1, -0.05) is 17.7 Å². The van der Waals surface area contributed by atoms with Crippen LogP contribution in [0.2, 0.25) is 0 Å². The molecule has 0 saturated carbocycles. The van der Waals surface area contributed by atoms with Crippen molar-refractivity contribution >= 4 is 11.9 Å². The molecular weight excluding hydrogens is 288 g/mol. The Bertz CT molecular complexity index is 567. The summed E-state index contributed by atoms with van der Waals surface area (Å²) in [7, 11) is 0. The molecule has 0 unspecified atom stereocenters. The van der Waals surface area contributed by atoms with Gasteiger partial charge in [-0.3, -0.25) is 4.79 Å². The van der Waals surface area contributed by atoms with E-state index in [1.807, 2.05) is 19.1 Å². The second kappa shape index (κ2) is 6.06. The largest absolute Gasteiger partial charge is 0.457 e. The van der Waals surface area contributed by atoms with Crippen LogP contribution in [0.1, 0.15) is 22.8 Å². The summed E-state index contributed by atoms with van der Waals surface area (Å²) < 4.78 is 21.8. The highest BCUT2D eigenvalue weighted by Crippen LogP contribution is 2.31. The summed E-state index contributed by atoms with van der Waals surface area (Å²) in [6.45, 7) is 3.79. The number of carbonyl (C=O) groups is 2. The molecule has 0 aliphatic carbocycles. The molecule has 4 atom stereocenters. The van der Waals surface area contributed by atoms with E-state index in [1.54, 1.807) is 12.1 Å². The third-order valence-corrected chi connectivity index (χ3v) is 3.83. The van der Waals surface area contributed by atoms with E-state index in [0.29, 0.717) is 5.56 Å². The fourth-order valence-corrected chi connectivity index (χ4v) is 2.74. The van der Waals surface area contributed by atoms with Gasteiger partial charge in [0.05, 0.1) is 18.8 Å². The van der Waals surface area contributed by atoms with Gasteiger partial charge in [0.2, 0.25) is 0 Å². The highest BCUT2D eigenvalue weighted by atomic mass is 16.7. The minimum absolute atomic E-state index is 0.241. The zero-order valence-electron chi connectivity index (χ0n) is 12.5. The minimum Gasteiger partial charge on any atom is -0.457 e. The SMILES string of the molecule is CC(=O)O[C@H]1CO[C@@H]2[C@H]1OC[C@H]2OC(=O)c1ccc(C)cc1. The van der Waals surface area contributed by atoms with Gasteiger partial charge < -0.3 is 18.9 Å². The number of esters is 2. The Labute approximate surface area is 128 Å². The van der Waals surface area contributed by atoms with Crippen LogP contribution in [0.4, 0.5) is 0 Å². The van der Waals surface area contributed by atoms with E-state index in [0.717, 1.165) is 5.56 Å². The van der Waals surface area contributed by atoms with Crippen molar-refractivity contribution in [2.75, 3.05) is 13.2 Å². The molecule has 6 heteroatoms. The summed E-state index contributed by atoms with van der Waals surface area (Å²) in [6, 6.07) is 7.16. The van der Waals surface area contributed by atoms with E-state index < -0.39 is 24.3 Å². The predicted octanol–water partition coefficient (Wildman–Crippen LogP) is 1.25. The van der Waals surface area contributed by atoms with E-state index in [2.05, 4.69) is 0 Å². The molecule has 0 bridgehead atoms. The lowest BCUT2D eigenvalue weighted by atomic mass is 10.1. The minimum atomic E-state index is -0.487. The second-order valence-electron chi connectivity index (χ2n) is 5.55. The first-order valence-electron chi connectivity index (χ1n) is 7.22. The molecule has 2 aliphatic rings. The maximum Gasteiger partial charge on any atom is 0.338 e. The van der Waals surface area contributed by atoms with Crippen molar-refractivity contribution in [3.05, 3.63) is 35.4 Å². The van der Waals surface area contributed by atoms with E-state index in [4.69, 9.17) is 18.9 Å². The summed E-state index contributed by atoms with van der Waals surface area (Å²) in [5.74, 6) is -0.785. The third-order valence-electron chi connectivity index (χ3n) is 3.83. The molecule has 0 spiro atoms. The Morgan fingerprint density at radius 2 is 1.55 bits per heavy atom. The van der Waals surface area contributed by atoms with Crippen LogP contribution in [-0.2, 0) is 23.7 Å². The van der Waals surface area contributed by atoms with Crippen molar-refractivity contribution in [1.82, 2.24) is 0 Å². The molecule has 2 heterocycles. The number of rotatable bonds is 3. The molecular formula is C16H18O6. The molecule has 3 rings (SSSR count). The van der Waals surface area contributed by atoms with Gasteiger partial charge in [0.15, 0.2) is 12.2 Å². The summed E-state index contributed by atoms with van der Waals surface area (Å²) in [5.41, 5.74) is 1.56. The average Bonchev–Trinajstić information content (AvgIpc) is 3.03. The Kier molecular flexibility index (Phi) is 4.13. The van der Waals surface area contributed by atoms with E-state index in [1.165, 1.54) is 6.92 Å². The van der Waals surface area contributed by atoms with Gasteiger partial charge in [0.25, 0.3) is 0 Å². The molecule has 2 aliphatic heterocycles. The van der Waals surface area contributed by atoms with Crippen LogP contribution in [0.5, 0.6) is 0 Å². The normalized spacial score (nSPS) is 29.9. The maximum atomic E-state index is 12.1. The lowest BCUT2D eigenvalue weighted by Crippen LogP contribution is -2.35. The van der Waals surface area contributed by atoms with Gasteiger partial charge in [-0.05, 0) is 19.1 Å². The van der Waals surface area contributed by atoms with E-state index in [9.17, 15) is 9.59 Å². The Balaban J connectivity index is 1.61. The average molecular weight is 306 g/mol. The third kappa shape index (κ3) is 2.98. The predicted molar refractivity (Wildman–Crippen MR) is 75.4 cm³/mol. The number of fused-ring (bicyclic) bond motifs is 1. The molecule has 0 aromatic heterocycles. The van der Waals surface area contributed by atoms with Crippen molar-refractivity contribution in [3.8, 4) is 0 Å². The Morgan fingerprint density at radius 1 is 1.00 bits per heavy atom. The van der Waals surface area contributed by atoms with Crippen molar-refractivity contribution in [1.29, 1.82) is 0 Å². The van der Waals surface area contributed by atoms with Crippen LogP contribution >= 0.6 is 0 Å². The van der Waals surface area contributed by atoms with Gasteiger partial charge in [-0.2, -0.15) is 0 Å². The van der Waals surface area contributed by atoms with Gasteiger partial charge in [0, 0.05) is 6.92 Å². The molecule has 6 nitrogen and oxygen atoms in total. The quantitative estimate of drug-likeness (QED) is 0.783. The zero-order chi connectivity index (χ0) is 15.7. The molecule has 118 valence electrons. The van der Waals surface area contributed by atoms with Crippen molar-refractivity contribution in [3.63, 3.8) is 0 Å². The van der Waals surface area contributed by atoms with Gasteiger partial charge >= 0.3 is 11.9 Å². The fraction of sp³-hybridized carbons (Fsp3) is 0.500. The molecule has 0 N–H and O–H groups in total. The van der Waals surface area contributed by atoms with Crippen molar-refractivity contribution in [2.24, 2.45) is 0 Å². The number of hydrogen-bond acceptors (Lipinski definition) is 6. The van der Waals surface area contributed by atoms with Crippen LogP contribution in [-0.4, -0.2) is 49.6 Å². The Morgan fingerprint density at radius 3 is 2.09 bits per heavy atom. The lowest BCUT2D eigenvalue weighted by Gasteiger charge is -2.17. The lowest BCUT2D eigenvalue weighted by molar-refractivity contribution is -0.151. The maximum absolute atomic E-state index is 12.1. The van der Waals surface area contributed by atoms with Gasteiger partial charge in [-0.25, -0.2) is 4.79 Å². The molecule has 0 amide bonds. The van der Waals surface area contributed by atoms with Crippen LogP contribution < -0.4 is 0 Å². The molecule has 2 saturated heterocycles. The first-order valence-corrected chi connectivity index (χ1v) is 7.22. The first kappa shape index (κ1) is 15.0. The number of benzene rings is 1. The topological polar surface area (TPSA) is 71.1 Å². The fourth-order valence-electron chi connectivity index (χ4n) is 2.74. The molecule has 1 aromatic carbocycles. The summed E-state index contributed by atoms with van der Waals surface area (Å²) >= 11 is 0. The Hall–Kier alpha value is -1.92. The smallest absolute Gasteiger partial charge is 0.338 e. The van der Waals surface area contributed by atoms with Crippen LogP contribution in [0, 0.1) is 6.92 Å². The van der Waals surface area contributed by atoms with Crippen molar-refractivity contribution < 1.29 is 28.5 Å². The van der Waals surface area contributed by atoms with Crippen molar-refractivity contribution in [2.45, 2.75) is 38.3 Å². The number of carbonyl (C=O) groups excluding carboxylic acids is 2. The van der Waals surface area contributed by atoms with E-state index >= 15 is 0 Å². The second-order valence-corrected chi connectivity index (χ2v) is 5.55. The summed E-state index contributed by atoms with van der Waals surface area (Å²) in [6.07, 6.45) is -1.69. The number of hydrogen-bond donors (Lipinski definition) is 0. The summed E-state index contributed by atoms with van der Waals surface area (Å²) in [4.78, 5) is 23.2. The number of aryl methyl sites for hydroxylation is 1. The zero-order valence-corrected chi connectivity index (χ0v) is 12.5. The molecule has 2 fully saturated rings. The van der Waals surface area contributed by atoms with Gasteiger partial charge in [0.1, 0.15) is 12.2 Å². The molecule has 22 heavy (non-hydrogen) atoms. The van der Waals surface area contributed by atoms with Crippen LogP contribution in [0.25, 0.3) is 0 Å². The highest BCUT2D eigenvalue weighted by Gasteiger charge is 2.51. The standard InChI is InChI=1S/C16H18O6/c1-9-3-5-11(6-4-9)16(18)22-13-8-20-14-12(21-10(2)17)7-19-15(13)14/h3-6,12-15H,7-8H2,1-2H3/t12-,13+,14-,15-/m0/s1. The van der Waals surface area contributed by atoms with Gasteiger partial charge in [-0.15, -0.1) is 0 Å². The monoisotopic (exact) mass is 306 g/mol. The highest BCUT2D eigenvalue weighted by molar-refractivity contribution is 5.89. The molecule has 1 aromatic rings. The first-order chi connectivity index (χ1) is 10.5. The van der Waals surface area contributed by atoms with Crippen LogP contribution in [0.3, 0.4) is 0 Å². The summed E-state index contributed by atoms with van der Waals surface area (Å²) in [5, 5.41) is 0. The van der Waals surface area contributed by atoms with Crippen LogP contribution in [0.15, 0.2) is 24.3 Å². The number of ether oxygens (including phenoxy) is 4. The van der Waals surface area contributed by atoms with E-state index in [-0.39, 0.29) is 25.3 Å².